The molecule has 0 aromatic carbocycles. The van der Waals surface area contributed by atoms with E-state index in [9.17, 15) is 0 Å². The van der Waals surface area contributed by atoms with Crippen LogP contribution in [-0.2, 0) is 4.74 Å². The van der Waals surface area contributed by atoms with Gasteiger partial charge in [0.1, 0.15) is 0 Å². The topological polar surface area (TPSA) is 48.1 Å². The van der Waals surface area contributed by atoms with E-state index in [1.807, 2.05) is 25.3 Å². The molecule has 1 rings (SSSR count). The van der Waals surface area contributed by atoms with Crippen molar-refractivity contribution in [2.24, 2.45) is 11.7 Å². The molecule has 0 aliphatic heterocycles. The second-order valence-electron chi connectivity index (χ2n) is 4.62. The molecule has 0 aliphatic rings. The molecule has 0 radical (unpaired) electrons. The monoisotopic (exact) mass is 222 g/mol. The predicted molar refractivity (Wildman–Crippen MR) is 66.0 cm³/mol. The number of pyridine rings is 1. The number of aromatic nitrogens is 1. The maximum absolute atomic E-state index is 5.93. The zero-order valence-electron chi connectivity index (χ0n) is 10.4. The molecule has 1 heterocycles. The summed E-state index contributed by atoms with van der Waals surface area (Å²) in [5, 5.41) is 0. The van der Waals surface area contributed by atoms with Gasteiger partial charge in [-0.2, -0.15) is 0 Å². The minimum atomic E-state index is -0.0487. The lowest BCUT2D eigenvalue weighted by Gasteiger charge is -2.22. The average molecular weight is 222 g/mol. The van der Waals surface area contributed by atoms with Crippen molar-refractivity contribution < 1.29 is 4.74 Å². The lowest BCUT2D eigenvalue weighted by atomic mass is 10.1. The van der Waals surface area contributed by atoms with Gasteiger partial charge in [-0.15, -0.1) is 0 Å². The van der Waals surface area contributed by atoms with Gasteiger partial charge in [0.25, 0.3) is 0 Å². The quantitative estimate of drug-likeness (QED) is 0.804. The van der Waals surface area contributed by atoms with Crippen molar-refractivity contribution in [1.29, 1.82) is 0 Å². The molecule has 1 aromatic rings. The molecule has 1 aromatic heterocycles. The van der Waals surface area contributed by atoms with E-state index in [2.05, 4.69) is 18.8 Å². The van der Waals surface area contributed by atoms with E-state index >= 15 is 0 Å². The van der Waals surface area contributed by atoms with E-state index in [-0.39, 0.29) is 12.1 Å². The van der Waals surface area contributed by atoms with Gasteiger partial charge in [-0.3, -0.25) is 4.98 Å². The Morgan fingerprint density at radius 2 is 2.12 bits per heavy atom. The SMILES string of the molecule is CC(C)CCOC(c1cccnc1)C(C)N. The van der Waals surface area contributed by atoms with Gasteiger partial charge < -0.3 is 10.5 Å². The second kappa shape index (κ2) is 6.61. The highest BCUT2D eigenvalue weighted by Gasteiger charge is 2.16. The van der Waals surface area contributed by atoms with Crippen molar-refractivity contribution in [3.8, 4) is 0 Å². The van der Waals surface area contributed by atoms with Crippen molar-refractivity contribution >= 4 is 0 Å². The fourth-order valence-electron chi connectivity index (χ4n) is 1.53. The smallest absolute Gasteiger partial charge is 0.0987 e. The van der Waals surface area contributed by atoms with Gasteiger partial charge in [-0.1, -0.05) is 19.9 Å². The van der Waals surface area contributed by atoms with Crippen LogP contribution in [0.25, 0.3) is 0 Å². The zero-order chi connectivity index (χ0) is 12.0. The molecule has 3 nitrogen and oxygen atoms in total. The van der Waals surface area contributed by atoms with Gasteiger partial charge in [-0.05, 0) is 25.3 Å². The summed E-state index contributed by atoms with van der Waals surface area (Å²) in [5.41, 5.74) is 6.99. The van der Waals surface area contributed by atoms with Crippen molar-refractivity contribution in [3.63, 3.8) is 0 Å². The summed E-state index contributed by atoms with van der Waals surface area (Å²) >= 11 is 0. The first-order chi connectivity index (χ1) is 7.61. The first-order valence-corrected chi connectivity index (χ1v) is 5.88. The molecule has 3 heteroatoms. The van der Waals surface area contributed by atoms with E-state index in [4.69, 9.17) is 10.5 Å². The van der Waals surface area contributed by atoms with E-state index in [0.717, 1.165) is 18.6 Å². The highest BCUT2D eigenvalue weighted by Crippen LogP contribution is 2.19. The van der Waals surface area contributed by atoms with E-state index in [1.54, 1.807) is 6.20 Å². The van der Waals surface area contributed by atoms with Crippen LogP contribution < -0.4 is 5.73 Å². The minimum Gasteiger partial charge on any atom is -0.372 e. The summed E-state index contributed by atoms with van der Waals surface area (Å²) in [7, 11) is 0. The van der Waals surface area contributed by atoms with Crippen LogP contribution >= 0.6 is 0 Å². The number of hydrogen-bond donors (Lipinski definition) is 1. The maximum atomic E-state index is 5.93. The Morgan fingerprint density at radius 3 is 2.62 bits per heavy atom. The summed E-state index contributed by atoms with van der Waals surface area (Å²) < 4.78 is 5.84. The Balaban J connectivity index is 2.55. The second-order valence-corrected chi connectivity index (χ2v) is 4.62. The van der Waals surface area contributed by atoms with Crippen LogP contribution in [0.3, 0.4) is 0 Å². The minimum absolute atomic E-state index is 0.0173. The Labute approximate surface area is 98.0 Å². The van der Waals surface area contributed by atoms with Crippen LogP contribution in [0.5, 0.6) is 0 Å². The van der Waals surface area contributed by atoms with Crippen LogP contribution in [-0.4, -0.2) is 17.6 Å². The molecule has 0 saturated carbocycles. The predicted octanol–water partition coefficient (Wildman–Crippen LogP) is 2.53. The molecule has 16 heavy (non-hydrogen) atoms. The van der Waals surface area contributed by atoms with Gasteiger partial charge in [0.05, 0.1) is 6.10 Å². The van der Waals surface area contributed by atoms with Crippen molar-refractivity contribution in [2.45, 2.75) is 39.3 Å². The molecule has 0 spiro atoms. The third kappa shape index (κ3) is 4.29. The van der Waals surface area contributed by atoms with Crippen LogP contribution in [0.15, 0.2) is 24.5 Å². The molecule has 0 amide bonds. The molecule has 2 atom stereocenters. The molecule has 0 fully saturated rings. The third-order valence-electron chi connectivity index (χ3n) is 2.48. The maximum Gasteiger partial charge on any atom is 0.0987 e. The highest BCUT2D eigenvalue weighted by molar-refractivity contribution is 5.13. The Bertz CT molecular complexity index is 285. The van der Waals surface area contributed by atoms with Crippen molar-refractivity contribution in [3.05, 3.63) is 30.1 Å². The summed E-state index contributed by atoms with van der Waals surface area (Å²) in [6.45, 7) is 7.09. The summed E-state index contributed by atoms with van der Waals surface area (Å²) in [5.74, 6) is 0.655. The Hall–Kier alpha value is -0.930. The number of ether oxygens (including phenoxy) is 1. The average Bonchev–Trinajstić information content (AvgIpc) is 2.25. The Morgan fingerprint density at radius 1 is 1.38 bits per heavy atom. The third-order valence-corrected chi connectivity index (χ3v) is 2.48. The summed E-state index contributed by atoms with van der Waals surface area (Å²) in [4.78, 5) is 4.10. The van der Waals surface area contributed by atoms with Crippen LogP contribution in [0.4, 0.5) is 0 Å². The Kier molecular flexibility index (Phi) is 5.43. The molecule has 0 aliphatic carbocycles. The first-order valence-electron chi connectivity index (χ1n) is 5.88. The fraction of sp³-hybridized carbons (Fsp3) is 0.615. The highest BCUT2D eigenvalue weighted by atomic mass is 16.5. The standard InChI is InChI=1S/C13H22N2O/c1-10(2)6-8-16-13(11(3)14)12-5-4-7-15-9-12/h4-5,7,9-11,13H,6,8,14H2,1-3H3. The molecule has 0 saturated heterocycles. The number of hydrogen-bond acceptors (Lipinski definition) is 3. The van der Waals surface area contributed by atoms with E-state index in [0.29, 0.717) is 5.92 Å². The van der Waals surface area contributed by atoms with E-state index < -0.39 is 0 Å². The largest absolute Gasteiger partial charge is 0.372 e. The summed E-state index contributed by atoms with van der Waals surface area (Å²) in [6.07, 6.45) is 4.59. The van der Waals surface area contributed by atoms with Crippen molar-refractivity contribution in [2.75, 3.05) is 6.61 Å². The van der Waals surface area contributed by atoms with Crippen LogP contribution in [0, 0.1) is 5.92 Å². The van der Waals surface area contributed by atoms with Gasteiger partial charge in [-0.25, -0.2) is 0 Å². The van der Waals surface area contributed by atoms with Crippen LogP contribution in [0.1, 0.15) is 38.9 Å². The van der Waals surface area contributed by atoms with Gasteiger partial charge in [0, 0.05) is 30.6 Å². The van der Waals surface area contributed by atoms with E-state index in [1.165, 1.54) is 0 Å². The summed E-state index contributed by atoms with van der Waals surface area (Å²) in [6, 6.07) is 3.91. The molecule has 0 bridgehead atoms. The normalized spacial score (nSPS) is 15.1. The first kappa shape index (κ1) is 13.1. The molecule has 2 unspecified atom stereocenters. The number of nitrogens with two attached hydrogens (primary N) is 1. The van der Waals surface area contributed by atoms with Gasteiger partial charge >= 0.3 is 0 Å². The van der Waals surface area contributed by atoms with Gasteiger partial charge in [0.2, 0.25) is 0 Å². The molecule has 2 N–H and O–H groups in total. The fourth-order valence-corrected chi connectivity index (χ4v) is 1.53. The van der Waals surface area contributed by atoms with Crippen molar-refractivity contribution in [1.82, 2.24) is 4.98 Å². The number of rotatable bonds is 6. The van der Waals surface area contributed by atoms with Gasteiger partial charge in [0.15, 0.2) is 0 Å². The number of nitrogens with zero attached hydrogens (tertiary/aromatic N) is 1. The molecular weight excluding hydrogens is 200 g/mol. The van der Waals surface area contributed by atoms with Crippen LogP contribution in [0.2, 0.25) is 0 Å². The lowest BCUT2D eigenvalue weighted by Crippen LogP contribution is -2.27. The molecular formula is C13H22N2O. The lowest BCUT2D eigenvalue weighted by molar-refractivity contribution is 0.0319. The zero-order valence-corrected chi connectivity index (χ0v) is 10.4. The molecule has 90 valence electrons.